The van der Waals surface area contributed by atoms with E-state index in [1.165, 1.54) is 77.0 Å². The third-order valence-electron chi connectivity index (χ3n) is 8.13. The van der Waals surface area contributed by atoms with Crippen LogP contribution in [0.1, 0.15) is 149 Å². The Morgan fingerprint density at radius 2 is 1.22 bits per heavy atom. The third-order valence-corrected chi connectivity index (χ3v) is 8.13. The van der Waals surface area contributed by atoms with Crippen molar-refractivity contribution < 1.29 is 38.2 Å². The molecule has 0 fully saturated rings. The van der Waals surface area contributed by atoms with Crippen molar-refractivity contribution >= 4 is 17.9 Å². The van der Waals surface area contributed by atoms with Crippen LogP contribution in [0.3, 0.4) is 0 Å². The molecule has 0 aromatic heterocycles. The smallest absolute Gasteiger partial charge is 0.362 e. The number of aliphatic carboxylic acids is 1. The summed E-state index contributed by atoms with van der Waals surface area (Å²) in [7, 11) is 5.49. The summed E-state index contributed by atoms with van der Waals surface area (Å²) in [6, 6.07) is -0.616. The zero-order valence-corrected chi connectivity index (χ0v) is 30.3. The van der Waals surface area contributed by atoms with Gasteiger partial charge in [0, 0.05) is 19.3 Å². The van der Waals surface area contributed by atoms with E-state index in [0.29, 0.717) is 19.3 Å². The number of esters is 2. The molecule has 46 heavy (non-hydrogen) atoms. The Kier molecular flexibility index (Phi) is 28.7. The average Bonchev–Trinajstić information content (AvgIpc) is 3.00. The molecule has 268 valence electrons. The summed E-state index contributed by atoms with van der Waals surface area (Å²) in [5.74, 6) is -1.56. The SMILES string of the molecule is CC/C=C/C/C=C/CCC(=O)OCC(COCCC(C(=O)O)[N+](C)(C)C)OC(=O)CCCCCCCCCCCCCCCCC. The summed E-state index contributed by atoms with van der Waals surface area (Å²) >= 11 is 0. The fourth-order valence-corrected chi connectivity index (χ4v) is 5.27. The van der Waals surface area contributed by atoms with Gasteiger partial charge in [0.15, 0.2) is 12.1 Å². The van der Waals surface area contributed by atoms with Gasteiger partial charge in [-0.15, -0.1) is 0 Å². The van der Waals surface area contributed by atoms with Gasteiger partial charge in [0.2, 0.25) is 0 Å². The van der Waals surface area contributed by atoms with Gasteiger partial charge < -0.3 is 23.8 Å². The molecule has 0 saturated carbocycles. The topological polar surface area (TPSA) is 99.1 Å². The number of unbranched alkanes of at least 4 members (excludes halogenated alkanes) is 14. The number of nitrogens with zero attached hydrogens (tertiary/aromatic N) is 1. The summed E-state index contributed by atoms with van der Waals surface area (Å²) in [4.78, 5) is 36.5. The highest BCUT2D eigenvalue weighted by Gasteiger charge is 2.31. The summed E-state index contributed by atoms with van der Waals surface area (Å²) in [6.07, 6.45) is 29.7. The number of carboxylic acids is 1. The van der Waals surface area contributed by atoms with Crippen LogP contribution in [0.15, 0.2) is 24.3 Å². The van der Waals surface area contributed by atoms with Crippen LogP contribution in [0.4, 0.5) is 0 Å². The number of rotatable bonds is 32. The minimum atomic E-state index is -0.882. The first kappa shape index (κ1) is 43.8. The van der Waals surface area contributed by atoms with Crippen LogP contribution in [0.25, 0.3) is 0 Å². The summed E-state index contributed by atoms with van der Waals surface area (Å²) in [5, 5.41) is 9.55. The molecule has 0 bridgehead atoms. The molecule has 0 aromatic rings. The van der Waals surface area contributed by atoms with E-state index in [9.17, 15) is 19.5 Å². The van der Waals surface area contributed by atoms with E-state index in [1.54, 1.807) is 0 Å². The van der Waals surface area contributed by atoms with Gasteiger partial charge in [0.1, 0.15) is 6.61 Å². The fraction of sp³-hybridized carbons (Fsp3) is 0.816. The van der Waals surface area contributed by atoms with Crippen molar-refractivity contribution in [1.29, 1.82) is 0 Å². The van der Waals surface area contributed by atoms with Crippen LogP contribution in [-0.4, -0.2) is 80.6 Å². The van der Waals surface area contributed by atoms with Gasteiger partial charge in [-0.3, -0.25) is 9.59 Å². The van der Waals surface area contributed by atoms with Crippen molar-refractivity contribution in [3.05, 3.63) is 24.3 Å². The molecule has 0 heterocycles. The molecule has 8 nitrogen and oxygen atoms in total. The Balaban J connectivity index is 4.39. The van der Waals surface area contributed by atoms with E-state index < -0.39 is 18.1 Å². The molecule has 0 spiro atoms. The molecule has 1 N–H and O–H groups in total. The lowest BCUT2D eigenvalue weighted by Gasteiger charge is -2.31. The fourth-order valence-electron chi connectivity index (χ4n) is 5.27. The number of hydrogen-bond donors (Lipinski definition) is 1. The van der Waals surface area contributed by atoms with Crippen LogP contribution in [0.5, 0.6) is 0 Å². The lowest BCUT2D eigenvalue weighted by atomic mass is 10.0. The normalized spacial score (nSPS) is 13.3. The number of quaternary nitrogens is 1. The van der Waals surface area contributed by atoms with Crippen molar-refractivity contribution in [2.45, 2.75) is 161 Å². The van der Waals surface area contributed by atoms with Crippen LogP contribution in [-0.2, 0) is 28.6 Å². The first-order valence-electron chi connectivity index (χ1n) is 18.4. The largest absolute Gasteiger partial charge is 0.477 e. The molecule has 2 unspecified atom stereocenters. The Morgan fingerprint density at radius 3 is 1.74 bits per heavy atom. The van der Waals surface area contributed by atoms with E-state index in [1.807, 2.05) is 33.3 Å². The molecule has 0 rings (SSSR count). The maximum atomic E-state index is 12.6. The van der Waals surface area contributed by atoms with Crippen molar-refractivity contribution in [3.8, 4) is 0 Å². The average molecular weight is 653 g/mol. The Bertz CT molecular complexity index is 818. The maximum absolute atomic E-state index is 12.6. The second-order valence-electron chi connectivity index (χ2n) is 13.5. The monoisotopic (exact) mass is 653 g/mol. The van der Waals surface area contributed by atoms with Crippen LogP contribution < -0.4 is 0 Å². The second-order valence-corrected chi connectivity index (χ2v) is 13.5. The molecule has 0 aliphatic rings. The van der Waals surface area contributed by atoms with Crippen molar-refractivity contribution in [2.24, 2.45) is 0 Å². The van der Waals surface area contributed by atoms with Gasteiger partial charge in [0.25, 0.3) is 0 Å². The summed E-state index contributed by atoms with van der Waals surface area (Å²) in [5.41, 5.74) is 0. The number of carboxylic acid groups (broad SMARTS) is 1. The number of carbonyl (C=O) groups excluding carboxylic acids is 2. The van der Waals surface area contributed by atoms with Gasteiger partial charge in [-0.05, 0) is 25.7 Å². The van der Waals surface area contributed by atoms with Gasteiger partial charge in [0.05, 0.1) is 34.4 Å². The maximum Gasteiger partial charge on any atom is 0.362 e. The Morgan fingerprint density at radius 1 is 0.674 bits per heavy atom. The molecule has 2 atom stereocenters. The molecule has 0 amide bonds. The minimum Gasteiger partial charge on any atom is -0.477 e. The molecule has 0 saturated heterocycles. The first-order valence-corrected chi connectivity index (χ1v) is 18.4. The van der Waals surface area contributed by atoms with E-state index in [0.717, 1.165) is 32.1 Å². The molecular weight excluding hydrogens is 582 g/mol. The summed E-state index contributed by atoms with van der Waals surface area (Å²) in [6.45, 7) is 4.52. The Hall–Kier alpha value is -2.19. The van der Waals surface area contributed by atoms with Crippen LogP contribution >= 0.6 is 0 Å². The van der Waals surface area contributed by atoms with Crippen molar-refractivity contribution in [3.63, 3.8) is 0 Å². The van der Waals surface area contributed by atoms with Crippen molar-refractivity contribution in [2.75, 3.05) is 41.0 Å². The molecule has 0 aliphatic heterocycles. The van der Waals surface area contributed by atoms with Crippen molar-refractivity contribution in [1.82, 2.24) is 0 Å². The van der Waals surface area contributed by atoms with Gasteiger partial charge in [-0.2, -0.15) is 0 Å². The second kappa shape index (κ2) is 30.2. The molecule has 0 aromatic carbocycles. The standard InChI is InChI=1S/C38H69NO7/c1-6-8-10-12-14-15-16-17-18-19-20-21-23-25-27-29-37(41)46-34(32-44-31-30-35(38(42)43)39(3,4)5)33-45-36(40)28-26-24-22-13-11-9-7-2/h9,11,22,24,34-35H,6-8,10,12-21,23,25-33H2,1-5H3/p+1/b11-9+,24-22+. The zero-order valence-electron chi connectivity index (χ0n) is 30.3. The molecule has 8 heteroatoms. The number of hydrogen-bond acceptors (Lipinski definition) is 6. The van der Waals surface area contributed by atoms with E-state index >= 15 is 0 Å². The van der Waals surface area contributed by atoms with Gasteiger partial charge in [-0.1, -0.05) is 128 Å². The highest BCUT2D eigenvalue weighted by molar-refractivity contribution is 5.72. The van der Waals surface area contributed by atoms with Crippen LogP contribution in [0.2, 0.25) is 0 Å². The first-order chi connectivity index (χ1) is 22.1. The predicted molar refractivity (Wildman–Crippen MR) is 188 cm³/mol. The highest BCUT2D eigenvalue weighted by Crippen LogP contribution is 2.14. The lowest BCUT2D eigenvalue weighted by molar-refractivity contribution is -0.887. The highest BCUT2D eigenvalue weighted by atomic mass is 16.6. The predicted octanol–water partition coefficient (Wildman–Crippen LogP) is 8.96. The number of allylic oxidation sites excluding steroid dienone is 4. The minimum absolute atomic E-state index is 0.0467. The molecule has 0 aliphatic carbocycles. The summed E-state index contributed by atoms with van der Waals surface area (Å²) < 4.78 is 17.0. The van der Waals surface area contributed by atoms with E-state index in [2.05, 4.69) is 26.0 Å². The number of carbonyl (C=O) groups is 3. The molecular formula is C38H70NO7+. The lowest BCUT2D eigenvalue weighted by Crippen LogP contribution is -2.50. The third kappa shape index (κ3) is 28.1. The van der Waals surface area contributed by atoms with E-state index in [4.69, 9.17) is 14.2 Å². The van der Waals surface area contributed by atoms with Gasteiger partial charge >= 0.3 is 17.9 Å². The number of ether oxygens (including phenoxy) is 3. The zero-order chi connectivity index (χ0) is 34.3. The van der Waals surface area contributed by atoms with Crippen LogP contribution in [0, 0.1) is 0 Å². The van der Waals surface area contributed by atoms with E-state index in [-0.39, 0.29) is 42.7 Å². The van der Waals surface area contributed by atoms with Gasteiger partial charge in [-0.25, -0.2) is 4.79 Å². The number of likely N-dealkylation sites (N-methyl/N-ethyl adjacent to an activating group) is 1. The quantitative estimate of drug-likeness (QED) is 0.0335. The Labute approximate surface area is 281 Å². The molecule has 0 radical (unpaired) electrons.